The van der Waals surface area contributed by atoms with E-state index in [1.807, 2.05) is 6.55 Å². The Hall–Kier alpha value is 0.0569. The van der Waals surface area contributed by atoms with Crippen LogP contribution in [0.2, 0.25) is 6.55 Å². The van der Waals surface area contributed by atoms with Gasteiger partial charge >= 0.3 is 8.80 Å². The molecular weight excluding hydrogens is 222 g/mol. The molecule has 0 amide bonds. The van der Waals surface area contributed by atoms with Crippen molar-refractivity contribution in [1.29, 1.82) is 0 Å². The van der Waals surface area contributed by atoms with E-state index in [9.17, 15) is 0 Å². The summed E-state index contributed by atoms with van der Waals surface area (Å²) in [6, 6.07) is 0. The maximum Gasteiger partial charge on any atom is 0.498 e. The standard InChI is InChI=1S/C11H23NO3Si/c1-9-6-12-7-10(2)15-16(5,14-9)13-8-11(12,3)4/h9-10H,6-8H2,1-5H3. The molecule has 2 unspecified atom stereocenters. The fourth-order valence-electron chi connectivity index (χ4n) is 2.49. The average Bonchev–Trinajstić information content (AvgIpc) is 2.10. The molecule has 2 atom stereocenters. The molecule has 5 heteroatoms. The highest BCUT2D eigenvalue weighted by molar-refractivity contribution is 6.59. The van der Waals surface area contributed by atoms with Crippen molar-refractivity contribution in [3.05, 3.63) is 0 Å². The van der Waals surface area contributed by atoms with Gasteiger partial charge in [-0.15, -0.1) is 0 Å². The van der Waals surface area contributed by atoms with E-state index >= 15 is 0 Å². The molecular formula is C11H23NO3Si. The molecule has 0 aromatic rings. The van der Waals surface area contributed by atoms with Crippen LogP contribution in [0.4, 0.5) is 0 Å². The molecule has 0 aromatic carbocycles. The first kappa shape index (κ1) is 12.5. The average molecular weight is 245 g/mol. The van der Waals surface area contributed by atoms with Crippen LogP contribution >= 0.6 is 0 Å². The third kappa shape index (κ3) is 2.48. The highest BCUT2D eigenvalue weighted by atomic mass is 28.4. The van der Waals surface area contributed by atoms with Crippen LogP contribution in [0.25, 0.3) is 0 Å². The molecule has 0 spiro atoms. The normalized spacial score (nSPS) is 48.2. The molecule has 3 heterocycles. The van der Waals surface area contributed by atoms with Crippen molar-refractivity contribution in [2.75, 3.05) is 19.7 Å². The summed E-state index contributed by atoms with van der Waals surface area (Å²) < 4.78 is 17.9. The molecule has 16 heavy (non-hydrogen) atoms. The zero-order valence-corrected chi connectivity index (χ0v) is 11.9. The highest BCUT2D eigenvalue weighted by Gasteiger charge is 2.47. The van der Waals surface area contributed by atoms with Crippen LogP contribution in [0.1, 0.15) is 27.7 Å². The fraction of sp³-hybridized carbons (Fsp3) is 1.00. The van der Waals surface area contributed by atoms with Gasteiger partial charge < -0.3 is 13.3 Å². The Balaban J connectivity index is 2.29. The van der Waals surface area contributed by atoms with Gasteiger partial charge in [0.05, 0.1) is 18.8 Å². The molecule has 3 aliphatic rings. The molecule has 0 aromatic heterocycles. The fourth-order valence-corrected chi connectivity index (χ4v) is 4.91. The Morgan fingerprint density at radius 1 is 1.12 bits per heavy atom. The van der Waals surface area contributed by atoms with Gasteiger partial charge in [-0.2, -0.15) is 0 Å². The SMILES string of the molecule is CC1CN2CC(C)O[Si](C)(OCC2(C)C)O1. The molecule has 0 radical (unpaired) electrons. The second-order valence-corrected chi connectivity index (χ2v) is 8.21. The number of rotatable bonds is 0. The third-order valence-corrected chi connectivity index (χ3v) is 5.66. The van der Waals surface area contributed by atoms with E-state index in [0.29, 0.717) is 6.61 Å². The molecule has 94 valence electrons. The van der Waals surface area contributed by atoms with Crippen LogP contribution in [0.15, 0.2) is 0 Å². The predicted octanol–water partition coefficient (Wildman–Crippen LogP) is 1.49. The van der Waals surface area contributed by atoms with Gasteiger partial charge in [0.25, 0.3) is 0 Å². The lowest BCUT2D eigenvalue weighted by molar-refractivity contribution is -0.0986. The van der Waals surface area contributed by atoms with E-state index in [-0.39, 0.29) is 17.7 Å². The van der Waals surface area contributed by atoms with E-state index in [2.05, 4.69) is 32.6 Å². The Kier molecular flexibility index (Phi) is 3.18. The minimum atomic E-state index is -2.42. The monoisotopic (exact) mass is 245 g/mol. The number of fused-ring (bicyclic) bond motifs is 6. The van der Waals surface area contributed by atoms with Gasteiger partial charge in [-0.1, -0.05) is 0 Å². The summed E-state index contributed by atoms with van der Waals surface area (Å²) in [4.78, 5) is 2.41. The Bertz CT molecular complexity index is 258. The predicted molar refractivity (Wildman–Crippen MR) is 64.3 cm³/mol. The summed E-state index contributed by atoms with van der Waals surface area (Å²) in [5.41, 5.74) is 0.0737. The summed E-state index contributed by atoms with van der Waals surface area (Å²) in [7, 11) is -2.42. The van der Waals surface area contributed by atoms with Crippen LogP contribution < -0.4 is 0 Å². The first-order valence-electron chi connectivity index (χ1n) is 6.05. The van der Waals surface area contributed by atoms with Crippen LogP contribution in [0.3, 0.4) is 0 Å². The van der Waals surface area contributed by atoms with Crippen LogP contribution in [-0.4, -0.2) is 51.1 Å². The minimum Gasteiger partial charge on any atom is -0.372 e. The van der Waals surface area contributed by atoms with Crippen molar-refractivity contribution >= 4 is 8.80 Å². The van der Waals surface area contributed by atoms with E-state index in [4.69, 9.17) is 13.3 Å². The van der Waals surface area contributed by atoms with Gasteiger partial charge in [-0.25, -0.2) is 0 Å². The molecule has 3 rings (SSSR count). The summed E-state index contributed by atoms with van der Waals surface area (Å²) >= 11 is 0. The van der Waals surface area contributed by atoms with Crippen molar-refractivity contribution in [2.24, 2.45) is 0 Å². The molecule has 0 N–H and O–H groups in total. The highest BCUT2D eigenvalue weighted by Crippen LogP contribution is 2.28. The number of hydrogen-bond acceptors (Lipinski definition) is 4. The topological polar surface area (TPSA) is 30.9 Å². The molecule has 4 nitrogen and oxygen atoms in total. The van der Waals surface area contributed by atoms with Gasteiger partial charge in [-0.05, 0) is 27.7 Å². The number of hydrogen-bond donors (Lipinski definition) is 0. The van der Waals surface area contributed by atoms with E-state index in [1.54, 1.807) is 0 Å². The van der Waals surface area contributed by atoms with Crippen molar-refractivity contribution < 1.29 is 13.3 Å². The Labute approximate surface area is 99.2 Å². The molecule has 2 bridgehead atoms. The third-order valence-electron chi connectivity index (χ3n) is 3.33. The first-order chi connectivity index (χ1) is 7.31. The van der Waals surface area contributed by atoms with Crippen molar-refractivity contribution in [3.63, 3.8) is 0 Å². The quantitative estimate of drug-likeness (QED) is 0.605. The smallest absolute Gasteiger partial charge is 0.372 e. The van der Waals surface area contributed by atoms with Gasteiger partial charge in [0, 0.05) is 25.2 Å². The van der Waals surface area contributed by atoms with E-state index < -0.39 is 8.80 Å². The maximum atomic E-state index is 5.97. The van der Waals surface area contributed by atoms with Crippen LogP contribution in [0, 0.1) is 0 Å². The second kappa shape index (κ2) is 4.06. The Morgan fingerprint density at radius 2 is 1.62 bits per heavy atom. The number of nitrogens with zero attached hydrogens (tertiary/aromatic N) is 1. The van der Waals surface area contributed by atoms with E-state index in [1.165, 1.54) is 0 Å². The summed E-state index contributed by atoms with van der Waals surface area (Å²) in [6.07, 6.45) is 0.368. The molecule has 3 aliphatic heterocycles. The second-order valence-electron chi connectivity index (χ2n) is 5.73. The summed E-state index contributed by atoms with van der Waals surface area (Å²) in [6.45, 7) is 13.3. The first-order valence-corrected chi connectivity index (χ1v) is 8.28. The van der Waals surface area contributed by atoms with Gasteiger partial charge in [-0.3, -0.25) is 4.90 Å². The lowest BCUT2D eigenvalue weighted by Gasteiger charge is -2.49. The Morgan fingerprint density at radius 3 is 2.12 bits per heavy atom. The van der Waals surface area contributed by atoms with Gasteiger partial charge in [0.1, 0.15) is 0 Å². The van der Waals surface area contributed by atoms with Crippen LogP contribution in [-0.2, 0) is 13.3 Å². The lowest BCUT2D eigenvalue weighted by Crippen LogP contribution is -2.64. The van der Waals surface area contributed by atoms with Gasteiger partial charge in [0.15, 0.2) is 0 Å². The summed E-state index contributed by atoms with van der Waals surface area (Å²) in [5.74, 6) is 0. The van der Waals surface area contributed by atoms with Gasteiger partial charge in [0.2, 0.25) is 0 Å². The largest absolute Gasteiger partial charge is 0.498 e. The zero-order valence-electron chi connectivity index (χ0n) is 10.9. The molecule has 3 fully saturated rings. The summed E-state index contributed by atoms with van der Waals surface area (Å²) in [5, 5.41) is 0. The van der Waals surface area contributed by atoms with E-state index in [0.717, 1.165) is 13.1 Å². The molecule has 0 aliphatic carbocycles. The molecule has 3 saturated heterocycles. The maximum absolute atomic E-state index is 5.97. The van der Waals surface area contributed by atoms with Crippen molar-refractivity contribution in [1.82, 2.24) is 4.90 Å². The lowest BCUT2D eigenvalue weighted by atomic mass is 10.0. The van der Waals surface area contributed by atoms with Crippen molar-refractivity contribution in [2.45, 2.75) is 52.0 Å². The van der Waals surface area contributed by atoms with Crippen LogP contribution in [0.5, 0.6) is 0 Å². The minimum absolute atomic E-state index is 0.0737. The molecule has 0 saturated carbocycles. The zero-order chi connectivity index (χ0) is 12.0. The van der Waals surface area contributed by atoms with Crippen molar-refractivity contribution in [3.8, 4) is 0 Å².